The molecule has 2 aromatic heterocycles. The van der Waals surface area contributed by atoms with Crippen molar-refractivity contribution in [2.45, 2.75) is 6.92 Å². The van der Waals surface area contributed by atoms with Crippen molar-refractivity contribution < 1.29 is 4.74 Å². The molecule has 0 amide bonds. The maximum absolute atomic E-state index is 9.98. The van der Waals surface area contributed by atoms with Gasteiger partial charge < -0.3 is 10.5 Å². The molecule has 0 unspecified atom stereocenters. The molecular weight excluding hydrogens is 338 g/mol. The number of nitrogens with one attached hydrogen (secondary N) is 1. The van der Waals surface area contributed by atoms with Crippen LogP contribution in [0.3, 0.4) is 0 Å². The first-order chi connectivity index (χ1) is 13.1. The molecule has 132 valence electrons. The Morgan fingerprint density at radius 3 is 2.33 bits per heavy atom. The van der Waals surface area contributed by atoms with Crippen molar-refractivity contribution in [3.8, 4) is 34.2 Å². The Morgan fingerprint density at radius 1 is 1.04 bits per heavy atom. The first kappa shape index (κ1) is 16.6. The molecule has 3 N–H and O–H groups in total. The van der Waals surface area contributed by atoms with Gasteiger partial charge in [0.1, 0.15) is 11.8 Å². The minimum Gasteiger partial charge on any atom is -0.497 e. The van der Waals surface area contributed by atoms with E-state index >= 15 is 0 Å². The maximum Gasteiger partial charge on any atom is 0.158 e. The number of ether oxygens (including phenoxy) is 1. The van der Waals surface area contributed by atoms with Crippen molar-refractivity contribution in [3.63, 3.8) is 0 Å². The summed E-state index contributed by atoms with van der Waals surface area (Å²) in [7, 11) is 1.61. The molecule has 0 aliphatic carbocycles. The van der Waals surface area contributed by atoms with Gasteiger partial charge in [0.2, 0.25) is 0 Å². The van der Waals surface area contributed by atoms with E-state index in [1.54, 1.807) is 7.11 Å². The van der Waals surface area contributed by atoms with Crippen LogP contribution >= 0.6 is 0 Å². The van der Waals surface area contributed by atoms with Crippen LogP contribution in [0.1, 0.15) is 11.1 Å². The van der Waals surface area contributed by atoms with Crippen LogP contribution in [-0.4, -0.2) is 22.3 Å². The lowest BCUT2D eigenvalue weighted by molar-refractivity contribution is 0.415. The van der Waals surface area contributed by atoms with Gasteiger partial charge in [0, 0.05) is 11.1 Å². The van der Waals surface area contributed by atoms with E-state index in [1.807, 2.05) is 55.5 Å². The second kappa shape index (κ2) is 6.46. The summed E-state index contributed by atoms with van der Waals surface area (Å²) < 4.78 is 5.22. The van der Waals surface area contributed by atoms with E-state index in [9.17, 15) is 5.26 Å². The first-order valence-corrected chi connectivity index (χ1v) is 8.41. The van der Waals surface area contributed by atoms with E-state index in [2.05, 4.69) is 21.3 Å². The summed E-state index contributed by atoms with van der Waals surface area (Å²) in [6, 6.07) is 17.7. The molecule has 6 heteroatoms. The zero-order chi connectivity index (χ0) is 19.0. The Morgan fingerprint density at radius 2 is 1.70 bits per heavy atom. The number of aromatic amines is 1. The van der Waals surface area contributed by atoms with Gasteiger partial charge in [-0.25, -0.2) is 4.98 Å². The Balaban J connectivity index is 2.06. The van der Waals surface area contributed by atoms with Crippen LogP contribution in [0.15, 0.2) is 48.5 Å². The Bertz CT molecular complexity index is 1170. The fraction of sp³-hybridized carbons (Fsp3) is 0.0952. The maximum atomic E-state index is 9.98. The summed E-state index contributed by atoms with van der Waals surface area (Å²) in [6.45, 7) is 2.02. The number of benzene rings is 2. The molecule has 0 radical (unpaired) electrons. The van der Waals surface area contributed by atoms with E-state index < -0.39 is 0 Å². The van der Waals surface area contributed by atoms with Crippen LogP contribution in [0.25, 0.3) is 33.4 Å². The number of methoxy groups -OCH3 is 1. The molecule has 0 fully saturated rings. The van der Waals surface area contributed by atoms with Crippen LogP contribution in [0.2, 0.25) is 0 Å². The van der Waals surface area contributed by atoms with Gasteiger partial charge in [-0.15, -0.1) is 0 Å². The summed E-state index contributed by atoms with van der Waals surface area (Å²) in [5.41, 5.74) is 11.3. The van der Waals surface area contributed by atoms with E-state index in [0.717, 1.165) is 28.0 Å². The third kappa shape index (κ3) is 2.75. The lowest BCUT2D eigenvalue weighted by Gasteiger charge is -2.12. The molecule has 27 heavy (non-hydrogen) atoms. The Kier molecular flexibility index (Phi) is 3.98. The highest BCUT2D eigenvalue weighted by Crippen LogP contribution is 2.38. The van der Waals surface area contributed by atoms with Gasteiger partial charge in [-0.1, -0.05) is 29.8 Å². The molecule has 6 nitrogen and oxygen atoms in total. The van der Waals surface area contributed by atoms with Gasteiger partial charge in [0.05, 0.1) is 23.8 Å². The summed E-state index contributed by atoms with van der Waals surface area (Å²) in [5, 5.41) is 17.6. The summed E-state index contributed by atoms with van der Waals surface area (Å²) in [5.74, 6) is 1.06. The molecule has 2 heterocycles. The summed E-state index contributed by atoms with van der Waals surface area (Å²) in [4.78, 5) is 4.63. The fourth-order valence-electron chi connectivity index (χ4n) is 3.16. The van der Waals surface area contributed by atoms with Gasteiger partial charge in [-0.3, -0.25) is 5.10 Å². The average molecular weight is 355 g/mol. The second-order valence-corrected chi connectivity index (χ2v) is 6.25. The van der Waals surface area contributed by atoms with Gasteiger partial charge in [-0.05, 0) is 36.8 Å². The van der Waals surface area contributed by atoms with Crippen LogP contribution in [0.5, 0.6) is 5.75 Å². The number of nitrogen functional groups attached to an aromatic ring is 1. The van der Waals surface area contributed by atoms with Crippen LogP contribution < -0.4 is 10.5 Å². The van der Waals surface area contributed by atoms with Crippen LogP contribution in [-0.2, 0) is 0 Å². The third-order valence-electron chi connectivity index (χ3n) is 4.55. The molecule has 2 aromatic carbocycles. The van der Waals surface area contributed by atoms with Gasteiger partial charge in [0.15, 0.2) is 11.5 Å². The number of pyridine rings is 1. The number of rotatable bonds is 3. The molecule has 0 saturated heterocycles. The lowest BCUT2D eigenvalue weighted by Crippen LogP contribution is -1.97. The molecule has 0 spiro atoms. The standard InChI is InChI=1S/C21H17N5O/c1-12-3-5-13(6-4-12)17-16(11-22)19(14-7-9-15(27-2)10-8-14)24-21-18(17)20(23)25-26-21/h3-10H,1-2H3,(H3,23,24,25,26). The Hall–Kier alpha value is -3.85. The second-order valence-electron chi connectivity index (χ2n) is 6.25. The van der Waals surface area contributed by atoms with Crippen molar-refractivity contribution in [2.75, 3.05) is 12.8 Å². The largest absolute Gasteiger partial charge is 0.497 e. The van der Waals surface area contributed by atoms with Crippen molar-refractivity contribution in [3.05, 3.63) is 59.7 Å². The van der Waals surface area contributed by atoms with E-state index in [0.29, 0.717) is 28.1 Å². The number of aromatic nitrogens is 3. The predicted octanol–water partition coefficient (Wildman–Crippen LogP) is 4.06. The zero-order valence-electron chi connectivity index (χ0n) is 14.9. The molecule has 0 aliphatic heterocycles. The zero-order valence-corrected chi connectivity index (χ0v) is 14.9. The minimum atomic E-state index is 0.325. The highest BCUT2D eigenvalue weighted by atomic mass is 16.5. The fourth-order valence-corrected chi connectivity index (χ4v) is 3.16. The molecule has 0 atom stereocenters. The summed E-state index contributed by atoms with van der Waals surface area (Å²) >= 11 is 0. The normalized spacial score (nSPS) is 10.7. The van der Waals surface area contributed by atoms with Crippen molar-refractivity contribution in [1.29, 1.82) is 5.26 Å². The first-order valence-electron chi connectivity index (χ1n) is 8.41. The molecule has 4 aromatic rings. The number of nitrogens with zero attached hydrogens (tertiary/aromatic N) is 3. The number of hydrogen-bond donors (Lipinski definition) is 2. The SMILES string of the molecule is COc1ccc(-c2nc3[nH]nc(N)c3c(-c3ccc(C)cc3)c2C#N)cc1. The number of fused-ring (bicyclic) bond motifs is 1. The molecule has 0 bridgehead atoms. The van der Waals surface area contributed by atoms with Crippen LogP contribution in [0.4, 0.5) is 5.82 Å². The van der Waals surface area contributed by atoms with Gasteiger partial charge in [0.25, 0.3) is 0 Å². The Labute approximate surface area is 156 Å². The van der Waals surface area contributed by atoms with Gasteiger partial charge >= 0.3 is 0 Å². The highest BCUT2D eigenvalue weighted by Gasteiger charge is 2.21. The van der Waals surface area contributed by atoms with Crippen molar-refractivity contribution >= 4 is 16.9 Å². The quantitative estimate of drug-likeness (QED) is 0.577. The van der Waals surface area contributed by atoms with E-state index in [1.165, 1.54) is 0 Å². The monoisotopic (exact) mass is 355 g/mol. The van der Waals surface area contributed by atoms with Crippen molar-refractivity contribution in [1.82, 2.24) is 15.2 Å². The number of anilines is 1. The average Bonchev–Trinajstić information content (AvgIpc) is 3.08. The third-order valence-corrected chi connectivity index (χ3v) is 4.55. The van der Waals surface area contributed by atoms with E-state index in [-0.39, 0.29) is 0 Å². The molecular formula is C21H17N5O. The molecule has 0 aliphatic rings. The molecule has 4 rings (SSSR count). The number of aryl methyl sites for hydroxylation is 1. The number of hydrogen-bond acceptors (Lipinski definition) is 5. The molecule has 0 saturated carbocycles. The minimum absolute atomic E-state index is 0.325. The predicted molar refractivity (Wildman–Crippen MR) is 105 cm³/mol. The highest BCUT2D eigenvalue weighted by molar-refractivity contribution is 6.04. The summed E-state index contributed by atoms with van der Waals surface area (Å²) in [6.07, 6.45) is 0. The van der Waals surface area contributed by atoms with Crippen molar-refractivity contribution in [2.24, 2.45) is 0 Å². The number of H-pyrrole nitrogens is 1. The number of nitrogens with two attached hydrogens (primary N) is 1. The van der Waals surface area contributed by atoms with E-state index in [4.69, 9.17) is 10.5 Å². The topological polar surface area (TPSA) is 101 Å². The number of nitriles is 1. The van der Waals surface area contributed by atoms with Gasteiger partial charge in [-0.2, -0.15) is 10.4 Å². The van der Waals surface area contributed by atoms with Crippen LogP contribution in [0, 0.1) is 18.3 Å². The lowest BCUT2D eigenvalue weighted by atomic mass is 9.93. The smallest absolute Gasteiger partial charge is 0.158 e.